The van der Waals surface area contributed by atoms with Gasteiger partial charge in [0.2, 0.25) is 5.79 Å². The number of carbonyl (C=O) groups is 1. The van der Waals surface area contributed by atoms with E-state index in [2.05, 4.69) is 17.9 Å². The Kier molecular flexibility index (Phi) is 5.40. The van der Waals surface area contributed by atoms with E-state index in [1.165, 1.54) is 5.56 Å². The van der Waals surface area contributed by atoms with Crippen LogP contribution in [-0.4, -0.2) is 47.3 Å². The first-order valence-corrected chi connectivity index (χ1v) is 11.4. The molecular formula is C25H26ClNO5. The lowest BCUT2D eigenvalue weighted by molar-refractivity contribution is -0.147. The van der Waals surface area contributed by atoms with Gasteiger partial charge < -0.3 is 19.7 Å². The molecule has 3 heterocycles. The van der Waals surface area contributed by atoms with Gasteiger partial charge in [0.1, 0.15) is 18.1 Å². The zero-order chi connectivity index (χ0) is 22.5. The topological polar surface area (TPSA) is 79.2 Å². The number of halogens is 1. The summed E-state index contributed by atoms with van der Waals surface area (Å²) in [6.07, 6.45) is 2.41. The Morgan fingerprint density at radius 3 is 2.78 bits per heavy atom. The number of ether oxygens (including phenoxy) is 2. The number of benzene rings is 2. The number of aliphatic hydroxyl groups is 1. The van der Waals surface area contributed by atoms with Crippen molar-refractivity contribution in [1.29, 1.82) is 0 Å². The Balaban J connectivity index is 1.34. The van der Waals surface area contributed by atoms with Crippen molar-refractivity contribution in [2.24, 2.45) is 5.92 Å². The summed E-state index contributed by atoms with van der Waals surface area (Å²) < 4.78 is 12.0. The molecule has 0 amide bonds. The van der Waals surface area contributed by atoms with Gasteiger partial charge in [-0.1, -0.05) is 43.1 Å². The van der Waals surface area contributed by atoms with Crippen molar-refractivity contribution >= 4 is 22.6 Å². The first-order valence-electron chi connectivity index (χ1n) is 11.0. The van der Waals surface area contributed by atoms with E-state index in [0.29, 0.717) is 49.0 Å². The third-order valence-corrected chi connectivity index (χ3v) is 6.95. The average Bonchev–Trinajstić information content (AvgIpc) is 3.08. The molecule has 32 heavy (non-hydrogen) atoms. The first kappa shape index (κ1) is 21.3. The molecule has 1 fully saturated rings. The summed E-state index contributed by atoms with van der Waals surface area (Å²) >= 11 is 6.67. The molecule has 2 aromatic carbocycles. The van der Waals surface area contributed by atoms with Gasteiger partial charge in [0.25, 0.3) is 0 Å². The average molecular weight is 456 g/mol. The van der Waals surface area contributed by atoms with E-state index < -0.39 is 11.8 Å². The zero-order valence-electron chi connectivity index (χ0n) is 17.9. The Hall–Kier alpha value is -2.54. The van der Waals surface area contributed by atoms with Crippen molar-refractivity contribution in [3.8, 4) is 11.5 Å². The lowest BCUT2D eigenvalue weighted by atomic mass is 9.95. The number of hydrogen-bond donors (Lipinski definition) is 2. The van der Waals surface area contributed by atoms with Crippen molar-refractivity contribution in [2.75, 3.05) is 26.2 Å². The summed E-state index contributed by atoms with van der Waals surface area (Å²) in [7, 11) is 0. The molecule has 5 rings (SSSR count). The molecule has 0 spiro atoms. The third kappa shape index (κ3) is 3.76. The molecule has 1 atom stereocenters. The number of likely N-dealkylation sites (tertiary alicyclic amines) is 1. The molecule has 1 saturated heterocycles. The van der Waals surface area contributed by atoms with E-state index in [1.807, 2.05) is 24.3 Å². The minimum absolute atomic E-state index is 0.303. The molecule has 3 aliphatic rings. The molecule has 168 valence electrons. The van der Waals surface area contributed by atoms with Gasteiger partial charge in [-0.3, -0.25) is 9.69 Å². The van der Waals surface area contributed by atoms with Gasteiger partial charge in [0.15, 0.2) is 0 Å². The molecule has 0 aromatic heterocycles. The van der Waals surface area contributed by atoms with Crippen LogP contribution in [0.25, 0.3) is 5.03 Å². The van der Waals surface area contributed by atoms with Gasteiger partial charge in [-0.15, -0.1) is 0 Å². The number of aliphatic carboxylic acids is 1. The van der Waals surface area contributed by atoms with Crippen molar-refractivity contribution < 1.29 is 24.5 Å². The van der Waals surface area contributed by atoms with E-state index in [4.69, 9.17) is 26.2 Å². The Bertz CT molecular complexity index is 1110. The van der Waals surface area contributed by atoms with Crippen LogP contribution in [0.15, 0.2) is 42.0 Å². The van der Waals surface area contributed by atoms with Crippen molar-refractivity contribution in [2.45, 2.75) is 32.0 Å². The van der Waals surface area contributed by atoms with Crippen LogP contribution in [0.1, 0.15) is 35.6 Å². The van der Waals surface area contributed by atoms with Crippen LogP contribution in [-0.2, 0) is 23.4 Å². The van der Waals surface area contributed by atoms with Crippen molar-refractivity contribution in [3.63, 3.8) is 0 Å². The number of aryl methyl sites for hydroxylation is 1. The number of rotatable bonds is 6. The van der Waals surface area contributed by atoms with E-state index in [-0.39, 0.29) is 5.92 Å². The Morgan fingerprint density at radius 1 is 1.22 bits per heavy atom. The number of hydrogen-bond acceptors (Lipinski definition) is 5. The largest absolute Gasteiger partial charge is 0.488 e. The van der Waals surface area contributed by atoms with Crippen LogP contribution in [0.3, 0.4) is 0 Å². The predicted molar refractivity (Wildman–Crippen MR) is 121 cm³/mol. The second-order valence-electron chi connectivity index (χ2n) is 8.90. The second kappa shape index (κ2) is 8.10. The summed E-state index contributed by atoms with van der Waals surface area (Å²) in [5.41, 5.74) is 4.52. The number of carboxylic acid groups (broad SMARTS) is 1. The fraction of sp³-hybridized carbons (Fsp3) is 0.400. The fourth-order valence-corrected chi connectivity index (χ4v) is 4.92. The van der Waals surface area contributed by atoms with Crippen LogP contribution >= 0.6 is 11.6 Å². The van der Waals surface area contributed by atoms with Crippen LogP contribution in [0.5, 0.6) is 11.5 Å². The highest BCUT2D eigenvalue weighted by atomic mass is 35.5. The molecule has 0 saturated carbocycles. The van der Waals surface area contributed by atoms with Gasteiger partial charge in [-0.2, -0.15) is 0 Å². The minimum Gasteiger partial charge on any atom is -0.488 e. The van der Waals surface area contributed by atoms with E-state index in [1.54, 1.807) is 6.07 Å². The standard InChI is InChI=1S/C25H26ClNO5/c1-2-3-15-4-5-16-10-25(30,32-21(16)8-15)19-6-7-20-22(9-19)31-14-18(23(20)26)13-27-11-17(12-27)24(28)29/h4-9,17,30H,2-3,10-14H2,1H3,(H,28,29). The number of nitrogens with zero attached hydrogens (tertiary/aromatic N) is 1. The molecule has 7 heteroatoms. The van der Waals surface area contributed by atoms with Gasteiger partial charge >= 0.3 is 5.97 Å². The Morgan fingerprint density at radius 2 is 2.03 bits per heavy atom. The smallest absolute Gasteiger partial charge is 0.309 e. The summed E-state index contributed by atoms with van der Waals surface area (Å²) in [5.74, 6) is -1.15. The zero-order valence-corrected chi connectivity index (χ0v) is 18.7. The first-order chi connectivity index (χ1) is 15.4. The van der Waals surface area contributed by atoms with Gasteiger partial charge in [-0.05, 0) is 30.2 Å². The SMILES string of the molecule is CCCc1ccc2c(c1)OC(O)(c1ccc3c(c1)OCC(CN1CC(C(=O)O)C1)=C3Cl)C2. The minimum atomic E-state index is -1.44. The normalized spacial score (nSPS) is 22.6. The van der Waals surface area contributed by atoms with Gasteiger partial charge in [-0.25, -0.2) is 0 Å². The highest BCUT2D eigenvalue weighted by Crippen LogP contribution is 2.44. The van der Waals surface area contributed by atoms with Crippen LogP contribution in [0.4, 0.5) is 0 Å². The molecule has 2 N–H and O–H groups in total. The molecule has 2 aromatic rings. The lowest BCUT2D eigenvalue weighted by Gasteiger charge is -2.38. The van der Waals surface area contributed by atoms with Crippen LogP contribution in [0, 0.1) is 5.92 Å². The highest BCUT2D eigenvalue weighted by molar-refractivity contribution is 6.49. The summed E-state index contributed by atoms with van der Waals surface area (Å²) in [5, 5.41) is 21.0. The summed E-state index contributed by atoms with van der Waals surface area (Å²) in [4.78, 5) is 13.1. The summed E-state index contributed by atoms with van der Waals surface area (Å²) in [6.45, 7) is 4.12. The number of fused-ring (bicyclic) bond motifs is 2. The highest BCUT2D eigenvalue weighted by Gasteiger charge is 2.40. The van der Waals surface area contributed by atoms with Gasteiger partial charge in [0.05, 0.1) is 11.0 Å². The fourth-order valence-electron chi connectivity index (χ4n) is 4.65. The lowest BCUT2D eigenvalue weighted by Crippen LogP contribution is -2.51. The Labute approximate surface area is 192 Å². The monoisotopic (exact) mass is 455 g/mol. The predicted octanol–water partition coefficient (Wildman–Crippen LogP) is 3.78. The summed E-state index contributed by atoms with van der Waals surface area (Å²) in [6, 6.07) is 11.6. The van der Waals surface area contributed by atoms with E-state index in [9.17, 15) is 9.90 Å². The molecule has 3 aliphatic heterocycles. The van der Waals surface area contributed by atoms with Gasteiger partial charge in [0, 0.05) is 48.3 Å². The van der Waals surface area contributed by atoms with Crippen molar-refractivity contribution in [3.05, 3.63) is 64.2 Å². The van der Waals surface area contributed by atoms with Crippen molar-refractivity contribution in [1.82, 2.24) is 4.90 Å². The molecule has 0 bridgehead atoms. The second-order valence-corrected chi connectivity index (χ2v) is 9.28. The molecular weight excluding hydrogens is 430 g/mol. The molecule has 0 aliphatic carbocycles. The maximum atomic E-state index is 11.3. The van der Waals surface area contributed by atoms with E-state index in [0.717, 1.165) is 35.3 Å². The molecule has 6 nitrogen and oxygen atoms in total. The van der Waals surface area contributed by atoms with E-state index >= 15 is 0 Å². The number of carboxylic acids is 1. The quantitative estimate of drug-likeness (QED) is 0.690. The molecule has 0 radical (unpaired) electrons. The third-order valence-electron chi connectivity index (χ3n) is 6.48. The van der Waals surface area contributed by atoms with Crippen LogP contribution in [0.2, 0.25) is 0 Å². The maximum absolute atomic E-state index is 11.3. The molecule has 1 unspecified atom stereocenters. The van der Waals surface area contributed by atoms with Crippen LogP contribution < -0.4 is 9.47 Å². The maximum Gasteiger partial charge on any atom is 0.309 e.